The van der Waals surface area contributed by atoms with Crippen LogP contribution in [-0.2, 0) is 20.0 Å². The van der Waals surface area contributed by atoms with E-state index in [-0.39, 0.29) is 17.0 Å². The highest BCUT2D eigenvalue weighted by Crippen LogP contribution is 2.23. The third-order valence-corrected chi connectivity index (χ3v) is 4.24. The Balaban J connectivity index is 0.00000132. The molecule has 0 atom stereocenters. The summed E-state index contributed by atoms with van der Waals surface area (Å²) < 4.78 is 4.70. The third-order valence-electron chi connectivity index (χ3n) is 4.24. The molecule has 3 aromatic rings. The van der Waals surface area contributed by atoms with Gasteiger partial charge in [-0.25, -0.2) is 9.13 Å². The zero-order valence-electron chi connectivity index (χ0n) is 12.0. The molecule has 1 aliphatic rings. The first kappa shape index (κ1) is 14.1. The van der Waals surface area contributed by atoms with Crippen molar-refractivity contribution >= 4 is 0 Å². The monoisotopic (exact) mass is 340 g/mol. The second kappa shape index (κ2) is 5.49. The Hall–Kier alpha value is -1.87. The average Bonchev–Trinajstić information content (AvgIpc) is 2.83. The van der Waals surface area contributed by atoms with E-state index in [0.29, 0.717) is 0 Å². The lowest BCUT2D eigenvalue weighted by molar-refractivity contribution is -0.697. The van der Waals surface area contributed by atoms with Gasteiger partial charge in [-0.3, -0.25) is 0 Å². The van der Waals surface area contributed by atoms with Crippen molar-refractivity contribution in [3.63, 3.8) is 0 Å². The zero-order chi connectivity index (χ0) is 13.5. The molecule has 2 heterocycles. The molecule has 2 nitrogen and oxygen atoms in total. The van der Waals surface area contributed by atoms with E-state index in [1.54, 1.807) is 0 Å². The molecule has 3 heteroatoms. The van der Waals surface area contributed by atoms with Crippen molar-refractivity contribution in [1.29, 1.82) is 0 Å². The number of halogens is 1. The molecule has 0 fully saturated rings. The Bertz CT molecular complexity index is 775. The molecule has 0 aliphatic carbocycles. The average molecular weight is 341 g/mol. The summed E-state index contributed by atoms with van der Waals surface area (Å²) in [4.78, 5) is 0. The highest BCUT2D eigenvalue weighted by atomic mass is 79.9. The molecule has 0 saturated carbocycles. The maximum Gasteiger partial charge on any atom is 0.261 e. The van der Waals surface area contributed by atoms with E-state index in [9.17, 15) is 0 Å². The first-order valence-corrected chi connectivity index (χ1v) is 7.03. The van der Waals surface area contributed by atoms with Gasteiger partial charge in [0.1, 0.15) is 12.7 Å². The highest BCUT2D eigenvalue weighted by molar-refractivity contribution is 5.58. The summed E-state index contributed by atoms with van der Waals surface area (Å²) in [7, 11) is 2.17. The van der Waals surface area contributed by atoms with E-state index in [1.807, 2.05) is 0 Å². The van der Waals surface area contributed by atoms with Crippen LogP contribution in [0.25, 0.3) is 11.3 Å². The lowest BCUT2D eigenvalue weighted by atomic mass is 10.0. The summed E-state index contributed by atoms with van der Waals surface area (Å²) in [5, 5.41) is 0. The number of hydrogen-bond acceptors (Lipinski definition) is 0. The Morgan fingerprint density at radius 2 is 1.57 bits per heavy atom. The van der Waals surface area contributed by atoms with Gasteiger partial charge in [-0.1, -0.05) is 54.6 Å². The molecule has 1 aliphatic heterocycles. The van der Waals surface area contributed by atoms with Crippen molar-refractivity contribution in [2.75, 3.05) is 0 Å². The van der Waals surface area contributed by atoms with Crippen LogP contribution in [-0.4, -0.2) is 4.57 Å². The minimum Gasteiger partial charge on any atom is -1.00 e. The Morgan fingerprint density at radius 3 is 2.33 bits per heavy atom. The van der Waals surface area contributed by atoms with Crippen LogP contribution in [0.1, 0.15) is 17.0 Å². The zero-order valence-corrected chi connectivity index (χ0v) is 13.5. The fourth-order valence-corrected chi connectivity index (χ4v) is 3.11. The van der Waals surface area contributed by atoms with Crippen LogP contribution in [0.2, 0.25) is 0 Å². The van der Waals surface area contributed by atoms with Gasteiger partial charge in [0, 0.05) is 5.56 Å². The van der Waals surface area contributed by atoms with Gasteiger partial charge in [-0.2, -0.15) is 0 Å². The fourth-order valence-electron chi connectivity index (χ4n) is 3.11. The molecule has 0 bridgehead atoms. The summed E-state index contributed by atoms with van der Waals surface area (Å²) in [5.41, 5.74) is 5.46. The van der Waals surface area contributed by atoms with Crippen molar-refractivity contribution in [1.82, 2.24) is 4.57 Å². The van der Waals surface area contributed by atoms with E-state index in [2.05, 4.69) is 77.0 Å². The normalized spacial score (nSPS) is 12.2. The number of aromatic nitrogens is 2. The molecule has 21 heavy (non-hydrogen) atoms. The van der Waals surface area contributed by atoms with E-state index in [0.717, 1.165) is 13.0 Å². The van der Waals surface area contributed by atoms with Crippen LogP contribution in [0.4, 0.5) is 0 Å². The number of benzene rings is 2. The van der Waals surface area contributed by atoms with E-state index in [1.165, 1.54) is 28.2 Å². The third kappa shape index (κ3) is 2.32. The van der Waals surface area contributed by atoms with Crippen LogP contribution >= 0.6 is 0 Å². The SMILES string of the molecule is Cn1c(-c2ccccc2)c[n+]2c1Cc1ccccc1C2.[Br-]. The molecule has 2 aromatic carbocycles. The lowest BCUT2D eigenvalue weighted by Crippen LogP contribution is -3.00. The van der Waals surface area contributed by atoms with E-state index >= 15 is 0 Å². The summed E-state index contributed by atoms with van der Waals surface area (Å²) >= 11 is 0. The predicted molar refractivity (Wildman–Crippen MR) is 79.4 cm³/mol. The predicted octanol–water partition coefficient (Wildman–Crippen LogP) is -0.0639. The maximum atomic E-state index is 2.38. The van der Waals surface area contributed by atoms with Gasteiger partial charge in [0.15, 0.2) is 5.69 Å². The van der Waals surface area contributed by atoms with Crippen LogP contribution in [0.5, 0.6) is 0 Å². The smallest absolute Gasteiger partial charge is 0.261 e. The molecule has 1 aromatic heterocycles. The largest absolute Gasteiger partial charge is 1.00 e. The van der Waals surface area contributed by atoms with Gasteiger partial charge in [0.05, 0.1) is 13.5 Å². The summed E-state index contributed by atoms with van der Waals surface area (Å²) in [6, 6.07) is 19.4. The van der Waals surface area contributed by atoms with Gasteiger partial charge < -0.3 is 17.0 Å². The van der Waals surface area contributed by atoms with Gasteiger partial charge >= 0.3 is 0 Å². The second-order valence-corrected chi connectivity index (χ2v) is 5.43. The van der Waals surface area contributed by atoms with E-state index < -0.39 is 0 Å². The molecule has 0 amide bonds. The Morgan fingerprint density at radius 1 is 0.905 bits per heavy atom. The molecule has 0 unspecified atom stereocenters. The summed E-state index contributed by atoms with van der Waals surface area (Å²) in [5.74, 6) is 1.38. The molecular formula is C18H17BrN2. The van der Waals surface area contributed by atoms with Gasteiger partial charge in [-0.15, -0.1) is 0 Å². The highest BCUT2D eigenvalue weighted by Gasteiger charge is 2.26. The molecule has 0 N–H and O–H groups in total. The molecule has 106 valence electrons. The number of nitrogens with zero attached hydrogens (tertiary/aromatic N) is 2. The van der Waals surface area contributed by atoms with Crippen molar-refractivity contribution < 1.29 is 21.5 Å². The van der Waals surface area contributed by atoms with E-state index in [4.69, 9.17) is 0 Å². The van der Waals surface area contributed by atoms with Gasteiger partial charge in [0.2, 0.25) is 0 Å². The number of imidazole rings is 1. The van der Waals surface area contributed by atoms with Crippen LogP contribution < -0.4 is 21.5 Å². The topological polar surface area (TPSA) is 8.81 Å². The van der Waals surface area contributed by atoms with Gasteiger partial charge in [-0.05, 0) is 11.1 Å². The quantitative estimate of drug-likeness (QED) is 0.429. The van der Waals surface area contributed by atoms with Crippen molar-refractivity contribution in [2.24, 2.45) is 7.05 Å². The standard InChI is InChI=1S/C18H17N2.BrH/c1-19-17(14-7-3-2-4-8-14)13-20-12-16-10-6-5-9-15(16)11-18(19)20;/h2-10,13H,11-12H2,1H3;1H/q+1;/p-1. The second-order valence-electron chi connectivity index (χ2n) is 5.43. The lowest BCUT2D eigenvalue weighted by Gasteiger charge is -2.13. The number of hydrogen-bond donors (Lipinski definition) is 0. The summed E-state index contributed by atoms with van der Waals surface area (Å²) in [6.07, 6.45) is 3.29. The van der Waals surface area contributed by atoms with Crippen molar-refractivity contribution in [3.05, 3.63) is 77.7 Å². The number of rotatable bonds is 1. The first-order valence-electron chi connectivity index (χ1n) is 7.03. The van der Waals surface area contributed by atoms with Crippen LogP contribution in [0.3, 0.4) is 0 Å². The molecule has 0 spiro atoms. The number of fused-ring (bicyclic) bond motifs is 2. The Labute approximate surface area is 135 Å². The molecule has 0 saturated heterocycles. The molecule has 0 radical (unpaired) electrons. The maximum absolute atomic E-state index is 2.38. The van der Waals surface area contributed by atoms with Crippen molar-refractivity contribution in [2.45, 2.75) is 13.0 Å². The van der Waals surface area contributed by atoms with Crippen LogP contribution in [0, 0.1) is 0 Å². The fraction of sp³-hybridized carbons (Fsp3) is 0.167. The molecule has 4 rings (SSSR count). The Kier molecular flexibility index (Phi) is 3.68. The minimum absolute atomic E-state index is 0. The minimum atomic E-state index is 0. The molecular weight excluding hydrogens is 324 g/mol. The first-order chi connectivity index (χ1) is 9.83. The van der Waals surface area contributed by atoms with Crippen LogP contribution in [0.15, 0.2) is 60.8 Å². The van der Waals surface area contributed by atoms with Crippen molar-refractivity contribution in [3.8, 4) is 11.3 Å². The summed E-state index contributed by atoms with van der Waals surface area (Å²) in [6.45, 7) is 0.978. The van der Waals surface area contributed by atoms with Gasteiger partial charge in [0.25, 0.3) is 5.82 Å².